The fourth-order valence-corrected chi connectivity index (χ4v) is 11.7. The first-order valence-corrected chi connectivity index (χ1v) is 28.2. The van der Waals surface area contributed by atoms with E-state index in [1.165, 1.54) is 47.9 Å². The molecule has 10 rings (SSSR count). The topological polar surface area (TPSA) is 69.6 Å². The van der Waals surface area contributed by atoms with Crippen molar-refractivity contribution in [2.24, 2.45) is 5.92 Å². The predicted molar refractivity (Wildman–Crippen MR) is 245 cm³/mol. The molecule has 0 fully saturated rings. The summed E-state index contributed by atoms with van der Waals surface area (Å²) in [5.74, 6) is 8.82. The van der Waals surface area contributed by atoms with Crippen molar-refractivity contribution >= 4 is 50.8 Å². The predicted octanol–water partition coefficient (Wildman–Crippen LogP) is 12.3. The summed E-state index contributed by atoms with van der Waals surface area (Å²) in [6.07, 6.45) is 10.3. The molecule has 0 N–H and O–H groups in total. The number of benzene rings is 4. The molecule has 5 heterocycles. The zero-order valence-corrected chi connectivity index (χ0v) is 39.6. The summed E-state index contributed by atoms with van der Waals surface area (Å²) >= 11 is -1.89. The van der Waals surface area contributed by atoms with Gasteiger partial charge in [-0.1, -0.05) is 59.5 Å². The number of rotatable bonds is 7. The van der Waals surface area contributed by atoms with E-state index in [4.69, 9.17) is 19.4 Å². The van der Waals surface area contributed by atoms with Gasteiger partial charge in [-0.15, -0.1) is 18.2 Å². The van der Waals surface area contributed by atoms with Crippen molar-refractivity contribution < 1.29 is 24.5 Å². The molecule has 6 nitrogen and oxygen atoms in total. The van der Waals surface area contributed by atoms with Crippen molar-refractivity contribution in [3.8, 4) is 39.6 Å². The van der Waals surface area contributed by atoms with E-state index in [0.717, 1.165) is 73.5 Å². The van der Waals surface area contributed by atoms with Crippen LogP contribution < -0.4 is 4.40 Å². The van der Waals surface area contributed by atoms with Crippen LogP contribution in [0.15, 0.2) is 126 Å². The molecule has 9 aromatic rings. The molecule has 303 valence electrons. The average molecular weight is 1020 g/mol. The molecule has 1 aliphatic rings. The number of hydrogen-bond donors (Lipinski definition) is 0. The van der Waals surface area contributed by atoms with Gasteiger partial charge < -0.3 is 8.98 Å². The van der Waals surface area contributed by atoms with Crippen LogP contribution in [0.5, 0.6) is 0 Å². The Hall–Kier alpha value is -5.21. The van der Waals surface area contributed by atoms with Gasteiger partial charge in [0.2, 0.25) is 5.71 Å². The van der Waals surface area contributed by atoms with Crippen LogP contribution in [0.25, 0.3) is 72.7 Å². The van der Waals surface area contributed by atoms with Crippen LogP contribution in [0.3, 0.4) is 0 Å². The number of aromatic nitrogens is 5. The van der Waals surface area contributed by atoms with Crippen molar-refractivity contribution in [2.75, 3.05) is 0 Å². The van der Waals surface area contributed by atoms with Crippen molar-refractivity contribution in [3.05, 3.63) is 156 Å². The molecule has 1 radical (unpaired) electrons. The Morgan fingerprint density at radius 2 is 1.52 bits per heavy atom. The molecule has 0 bridgehead atoms. The van der Waals surface area contributed by atoms with Crippen LogP contribution in [-0.4, -0.2) is 37.8 Å². The van der Waals surface area contributed by atoms with Gasteiger partial charge in [0, 0.05) is 42.4 Å². The largest absolute Gasteiger partial charge is 0.486 e. The van der Waals surface area contributed by atoms with Gasteiger partial charge in [-0.25, -0.2) is 4.98 Å². The summed E-state index contributed by atoms with van der Waals surface area (Å²) in [4.78, 5) is 19.2. The minimum absolute atomic E-state index is 0. The van der Waals surface area contributed by atoms with Crippen LogP contribution >= 0.6 is 0 Å². The summed E-state index contributed by atoms with van der Waals surface area (Å²) in [6, 6.07) is 44.2. The number of fused-ring (bicyclic) bond motifs is 5. The monoisotopic (exact) mass is 1030 g/mol. The number of pyridine rings is 3. The molecule has 4 aromatic carbocycles. The van der Waals surface area contributed by atoms with E-state index in [0.29, 0.717) is 11.6 Å². The maximum absolute atomic E-state index is 6.40. The Kier molecular flexibility index (Phi) is 12.0. The fourth-order valence-electron chi connectivity index (χ4n) is 8.38. The Labute approximate surface area is 369 Å². The van der Waals surface area contributed by atoms with Crippen LogP contribution in [0.1, 0.15) is 49.1 Å². The second-order valence-electron chi connectivity index (χ2n) is 17.2. The second kappa shape index (κ2) is 17.4. The Morgan fingerprint density at radius 3 is 2.27 bits per heavy atom. The number of nitrogens with zero attached hydrogens (tertiary/aromatic N) is 5. The van der Waals surface area contributed by atoms with Crippen molar-refractivity contribution in [2.45, 2.75) is 70.1 Å². The van der Waals surface area contributed by atoms with Crippen LogP contribution in [0.2, 0.25) is 17.3 Å². The molecule has 0 atom stereocenters. The third-order valence-corrected chi connectivity index (χ3v) is 15.6. The summed E-state index contributed by atoms with van der Waals surface area (Å²) < 4.78 is 10.1. The van der Waals surface area contributed by atoms with Crippen LogP contribution in [0.4, 0.5) is 0 Å². The molecule has 0 aliphatic heterocycles. The molecule has 1 aliphatic carbocycles. The van der Waals surface area contributed by atoms with Gasteiger partial charge in [-0.3, -0.25) is 9.97 Å². The smallest absolute Gasteiger partial charge is 0.216 e. The summed E-state index contributed by atoms with van der Waals surface area (Å²) in [5.41, 5.74) is 14.6. The van der Waals surface area contributed by atoms with Gasteiger partial charge in [-0.2, -0.15) is 0 Å². The van der Waals surface area contributed by atoms with Gasteiger partial charge >= 0.3 is 150 Å². The standard InChI is InChI=1S/C30H19N4O.C22H30GeN.Ir/c1-19-17-26-27(18-31-19)34(21-11-6-3-7-12-21)29(32-26)24-14-8-13-22-23-15-16-25(20-9-4-2-5-10-20)33-30(23)35-28(22)24;1-16(2)12-20-14-22(24-15-21(20)23(3,4)5)19-11-10-17-8-6-7-9-18(17)13-19;/h2-13,15-18H,1H3;10,13-16H,6-9,12H2,1-5H3;/q2*-1;. The molecule has 60 heavy (non-hydrogen) atoms. The SMILES string of the molecule is CC(C)Cc1cc(-c2[c-]cc3c(c2)CCCC3)nc[c]1[Ge]([CH3])([CH3])[CH3].Cc1cc2nc(-c3[c-]ccc4c3oc3nc(-c5ccccc5)ccc34)n(-c3ccccc3)c2cn1.[Ir]. The molecule has 8 heteroatoms. The van der Waals surface area contributed by atoms with E-state index in [-0.39, 0.29) is 20.1 Å². The number of imidazole rings is 1. The second-order valence-corrected chi connectivity index (χ2v) is 27.8. The van der Waals surface area contributed by atoms with E-state index in [1.54, 1.807) is 4.40 Å². The minimum atomic E-state index is -1.89. The molecular weight excluding hydrogens is 975 g/mol. The number of furan rings is 1. The van der Waals surface area contributed by atoms with E-state index >= 15 is 0 Å². The maximum Gasteiger partial charge on any atom is 0.216 e. The fraction of sp³-hybridized carbons (Fsp3) is 0.231. The van der Waals surface area contributed by atoms with Crippen LogP contribution in [-0.2, 0) is 39.4 Å². The third-order valence-electron chi connectivity index (χ3n) is 11.3. The number of para-hydroxylation sites is 1. The molecule has 5 aromatic heterocycles. The first-order chi connectivity index (χ1) is 28.6. The van der Waals surface area contributed by atoms with Crippen LogP contribution in [0, 0.1) is 25.0 Å². The van der Waals surface area contributed by atoms with E-state index in [2.05, 4.69) is 95.4 Å². The summed E-state index contributed by atoms with van der Waals surface area (Å²) in [7, 11) is 0. The van der Waals surface area contributed by atoms with Crippen molar-refractivity contribution in [3.63, 3.8) is 0 Å². The zero-order valence-electron chi connectivity index (χ0n) is 35.1. The quantitative estimate of drug-likeness (QED) is 0.118. The Balaban J connectivity index is 0.000000176. The first kappa shape index (κ1) is 41.5. The van der Waals surface area contributed by atoms with Gasteiger partial charge in [0.25, 0.3) is 0 Å². The molecule has 0 spiro atoms. The zero-order chi connectivity index (χ0) is 40.7. The van der Waals surface area contributed by atoms with E-state index in [9.17, 15) is 0 Å². The molecule has 0 saturated heterocycles. The number of aryl methyl sites for hydroxylation is 3. The maximum atomic E-state index is 6.40. The van der Waals surface area contributed by atoms with E-state index < -0.39 is 13.3 Å². The normalized spacial score (nSPS) is 12.7. The van der Waals surface area contributed by atoms with Crippen molar-refractivity contribution in [1.82, 2.24) is 24.5 Å². The molecule has 0 unspecified atom stereocenters. The van der Waals surface area contributed by atoms with Gasteiger partial charge in [-0.05, 0) is 37.3 Å². The number of hydrogen-bond acceptors (Lipinski definition) is 5. The van der Waals surface area contributed by atoms with Gasteiger partial charge in [0.1, 0.15) is 0 Å². The Bertz CT molecular complexity index is 2950. The first-order valence-electron chi connectivity index (χ1n) is 20.8. The molecule has 0 amide bonds. The molecular formula is C52H49GeIrN5O-2. The third kappa shape index (κ3) is 8.41. The average Bonchev–Trinajstić information content (AvgIpc) is 3.81. The molecule has 0 saturated carbocycles. The van der Waals surface area contributed by atoms with Crippen molar-refractivity contribution in [1.29, 1.82) is 0 Å². The van der Waals surface area contributed by atoms with E-state index in [1.807, 2.05) is 85.9 Å². The summed E-state index contributed by atoms with van der Waals surface area (Å²) in [5, 5.41) is 1.96. The minimum Gasteiger partial charge on any atom is -0.486 e. The Morgan fingerprint density at radius 1 is 0.767 bits per heavy atom. The summed E-state index contributed by atoms with van der Waals surface area (Å²) in [6.45, 7) is 6.60. The van der Waals surface area contributed by atoms with Gasteiger partial charge in [0.05, 0.1) is 34.3 Å². The van der Waals surface area contributed by atoms with Gasteiger partial charge in [0.15, 0.2) is 0 Å².